The van der Waals surface area contributed by atoms with Crippen molar-refractivity contribution in [1.29, 1.82) is 0 Å². The molecule has 0 radical (unpaired) electrons. The van der Waals surface area contributed by atoms with Crippen molar-refractivity contribution in [3.8, 4) is 0 Å². The molecule has 1 aromatic heterocycles. The standard InChI is InChI=1S/C55H87N13O13S2/c1-6-38(4)50-53(80)59-43(52(79)58-39-10-15-63(16-11-39)29-45(70)56-5)36-83-35-41-9-7-8-40(57-41)34-82-27-12-44(69)62-55(54(81)60-42(28-37(2)3)51(78)61-50)13-17-68(18-14-55)46(71)30-64-19-21-65(31-47(72)73)23-25-67(33-49(76)77)26-24-66(22-20-64)32-48(74)75/h7-9,37-39,42-43,50H,5-6,10-36H2,1-4H3,(H,58,79)(H,59,80)(H,60,81)(H,61,78)(H,62,69)(H,72,73)(H,74,75)(H,76,77)/t38-,42?,43-,50-/m0/s1. The van der Waals surface area contributed by atoms with Crippen LogP contribution in [-0.2, 0) is 59.5 Å². The van der Waals surface area contributed by atoms with E-state index in [1.165, 1.54) is 23.5 Å². The fourth-order valence-electron chi connectivity index (χ4n) is 10.4. The second kappa shape index (κ2) is 34.2. The molecule has 28 heteroatoms. The molecule has 4 aliphatic heterocycles. The molecule has 4 aliphatic rings. The number of fused-ring (bicyclic) bond motifs is 2. The summed E-state index contributed by atoms with van der Waals surface area (Å²) >= 11 is 2.91. The maximum Gasteiger partial charge on any atom is 0.317 e. The molecule has 0 aliphatic carbocycles. The van der Waals surface area contributed by atoms with Crippen molar-refractivity contribution in [2.45, 2.75) is 114 Å². The van der Waals surface area contributed by atoms with Gasteiger partial charge in [-0.2, -0.15) is 23.5 Å². The molecule has 4 atom stereocenters. The summed E-state index contributed by atoms with van der Waals surface area (Å²) in [5, 5.41) is 43.9. The van der Waals surface area contributed by atoms with Crippen molar-refractivity contribution in [1.82, 2.24) is 61.0 Å². The van der Waals surface area contributed by atoms with E-state index >= 15 is 0 Å². The van der Waals surface area contributed by atoms with Crippen LogP contribution in [0.2, 0.25) is 0 Å². The lowest BCUT2D eigenvalue weighted by Gasteiger charge is -2.42. The SMILES string of the molecule is C=NC(=O)CN1CCC(NC(=O)[C@@H]2CSCc3cccc(n3)CSCCC(=O)NC3(CCN(C(=O)CN4CCN(CC(=O)O)CCN(CC(=O)O)CCN(CC(=O)O)CC4)CC3)C(=O)NC(CC(C)C)C(=O)N[C@@H]([C@@H](C)CC)C(=O)N2)CC1. The molecule has 83 heavy (non-hydrogen) atoms. The largest absolute Gasteiger partial charge is 0.480 e. The number of aliphatic imine (C=N–C) groups is 1. The smallest absolute Gasteiger partial charge is 0.317 e. The van der Waals surface area contributed by atoms with Crippen LogP contribution in [0.3, 0.4) is 0 Å². The van der Waals surface area contributed by atoms with E-state index in [9.17, 15) is 63.3 Å². The van der Waals surface area contributed by atoms with Crippen molar-refractivity contribution in [2.75, 3.05) is 123 Å². The lowest BCUT2D eigenvalue weighted by molar-refractivity contribution is -0.142. The van der Waals surface area contributed by atoms with Crippen LogP contribution in [-0.4, -0.2) is 268 Å². The van der Waals surface area contributed by atoms with E-state index in [0.29, 0.717) is 49.6 Å². The van der Waals surface area contributed by atoms with Gasteiger partial charge in [0.05, 0.1) is 44.1 Å². The van der Waals surface area contributed by atoms with E-state index in [-0.39, 0.29) is 153 Å². The summed E-state index contributed by atoms with van der Waals surface area (Å²) in [4.78, 5) is 153. The van der Waals surface area contributed by atoms with Crippen LogP contribution in [0.1, 0.15) is 84.0 Å². The first-order valence-corrected chi connectivity index (χ1v) is 31.0. The minimum Gasteiger partial charge on any atom is -0.480 e. The highest BCUT2D eigenvalue weighted by Gasteiger charge is 2.45. The first kappa shape index (κ1) is 68.0. The van der Waals surface area contributed by atoms with Gasteiger partial charge in [0, 0.05) is 114 Å². The van der Waals surface area contributed by atoms with Crippen LogP contribution in [0, 0.1) is 11.8 Å². The van der Waals surface area contributed by atoms with E-state index in [1.807, 2.05) is 55.7 Å². The molecule has 2 bridgehead atoms. The van der Waals surface area contributed by atoms with Gasteiger partial charge in [0.15, 0.2) is 0 Å². The first-order chi connectivity index (χ1) is 39.5. The predicted molar refractivity (Wildman–Crippen MR) is 313 cm³/mol. The lowest BCUT2D eigenvalue weighted by Crippen LogP contribution is -2.66. The average Bonchev–Trinajstić information content (AvgIpc) is 3.47. The number of nitrogens with zero attached hydrogens (tertiary/aromatic N) is 8. The summed E-state index contributed by atoms with van der Waals surface area (Å²) in [6.45, 7) is 12.7. The first-order valence-electron chi connectivity index (χ1n) is 28.7. The van der Waals surface area contributed by atoms with Gasteiger partial charge in [-0.05, 0) is 62.8 Å². The van der Waals surface area contributed by atoms with Gasteiger partial charge in [-0.3, -0.25) is 77.4 Å². The molecule has 1 unspecified atom stereocenters. The molecule has 1 aromatic rings. The van der Waals surface area contributed by atoms with E-state index in [0.717, 1.165) is 11.4 Å². The zero-order chi connectivity index (χ0) is 60.6. The van der Waals surface area contributed by atoms with Crippen LogP contribution in [0.25, 0.3) is 0 Å². The topological polar surface area (TPSA) is 336 Å². The van der Waals surface area contributed by atoms with Gasteiger partial charge in [0.2, 0.25) is 35.4 Å². The van der Waals surface area contributed by atoms with Crippen LogP contribution in [0.15, 0.2) is 23.2 Å². The normalized spacial score (nSPS) is 23.3. The van der Waals surface area contributed by atoms with Gasteiger partial charge in [-0.15, -0.1) is 0 Å². The summed E-state index contributed by atoms with van der Waals surface area (Å²) in [7, 11) is 0. The fraction of sp³-hybridized carbons (Fsp3) is 0.709. The maximum atomic E-state index is 15.0. The number of aromatic nitrogens is 1. The zero-order valence-corrected chi connectivity index (χ0v) is 50.2. The van der Waals surface area contributed by atoms with Crippen LogP contribution < -0.4 is 26.6 Å². The van der Waals surface area contributed by atoms with Crippen LogP contribution in [0.5, 0.6) is 0 Å². The van der Waals surface area contributed by atoms with Crippen LogP contribution >= 0.6 is 23.5 Å². The summed E-state index contributed by atoms with van der Waals surface area (Å²) in [5.41, 5.74) is -0.0392. The fourth-order valence-corrected chi connectivity index (χ4v) is 12.2. The Hall–Kier alpha value is -5.78. The highest BCUT2D eigenvalue weighted by molar-refractivity contribution is 7.98. The number of amides is 7. The Morgan fingerprint density at radius 3 is 1.73 bits per heavy atom. The lowest BCUT2D eigenvalue weighted by atomic mass is 9.85. The molecule has 0 saturated carbocycles. The van der Waals surface area contributed by atoms with Crippen molar-refractivity contribution >= 4 is 89.5 Å². The highest BCUT2D eigenvalue weighted by atomic mass is 32.2. The Kier molecular flexibility index (Phi) is 28.1. The molecule has 3 fully saturated rings. The maximum absolute atomic E-state index is 15.0. The van der Waals surface area contributed by atoms with E-state index in [1.54, 1.807) is 19.6 Å². The number of carboxylic acid groups (broad SMARTS) is 3. The number of aliphatic carboxylic acids is 3. The molecule has 0 aromatic carbocycles. The Labute approximate surface area is 494 Å². The van der Waals surface area contributed by atoms with Crippen molar-refractivity contribution in [3.63, 3.8) is 0 Å². The van der Waals surface area contributed by atoms with Gasteiger partial charge in [-0.1, -0.05) is 40.2 Å². The number of thioether (sulfide) groups is 2. The Morgan fingerprint density at radius 2 is 1.23 bits per heavy atom. The number of piperidine rings is 2. The second-order valence-electron chi connectivity index (χ2n) is 22.4. The number of hydrogen-bond acceptors (Lipinski definition) is 18. The third-order valence-corrected chi connectivity index (χ3v) is 17.6. The van der Waals surface area contributed by atoms with Gasteiger partial charge in [0.1, 0.15) is 23.7 Å². The molecule has 1 spiro atoms. The zero-order valence-electron chi connectivity index (χ0n) is 48.5. The minimum absolute atomic E-state index is 0.0211. The number of rotatable bonds is 16. The highest BCUT2D eigenvalue weighted by Crippen LogP contribution is 2.26. The third kappa shape index (κ3) is 23.3. The van der Waals surface area contributed by atoms with E-state index in [2.05, 4.69) is 38.3 Å². The van der Waals surface area contributed by atoms with Gasteiger partial charge in [-0.25, -0.2) is 4.99 Å². The number of carbonyl (C=O) groups is 10. The molecule has 7 amide bonds. The van der Waals surface area contributed by atoms with Gasteiger partial charge in [0.25, 0.3) is 5.91 Å². The van der Waals surface area contributed by atoms with Gasteiger partial charge >= 0.3 is 17.9 Å². The minimum atomic E-state index is -1.57. The van der Waals surface area contributed by atoms with Crippen molar-refractivity contribution in [3.05, 3.63) is 29.6 Å². The van der Waals surface area contributed by atoms with Crippen molar-refractivity contribution < 1.29 is 63.3 Å². The summed E-state index contributed by atoms with van der Waals surface area (Å²) < 4.78 is 0. The van der Waals surface area contributed by atoms with Crippen LogP contribution in [0.4, 0.5) is 0 Å². The summed E-state index contributed by atoms with van der Waals surface area (Å²) in [6.07, 6.45) is 1.78. The number of hydrogen-bond donors (Lipinski definition) is 8. The predicted octanol–water partition coefficient (Wildman–Crippen LogP) is -0.741. The molecule has 26 nitrogen and oxygen atoms in total. The van der Waals surface area contributed by atoms with E-state index in [4.69, 9.17) is 4.98 Å². The Morgan fingerprint density at radius 1 is 0.711 bits per heavy atom. The molecular weight excluding hydrogens is 1110 g/mol. The molecule has 8 N–H and O–H groups in total. The number of carbonyl (C=O) groups excluding carboxylic acids is 7. The monoisotopic (exact) mass is 1200 g/mol. The number of nitrogens with one attached hydrogen (secondary N) is 5. The van der Waals surface area contributed by atoms with Crippen molar-refractivity contribution in [2.24, 2.45) is 16.8 Å². The second-order valence-corrected chi connectivity index (χ2v) is 24.6. The number of likely N-dealkylation sites (tertiary alicyclic amines) is 2. The number of carboxylic acids is 3. The molecule has 462 valence electrons. The van der Waals surface area contributed by atoms with E-state index < -0.39 is 77.0 Å². The Bertz CT molecular complexity index is 2380. The number of pyridine rings is 1. The quantitative estimate of drug-likeness (QED) is 0.0945. The third-order valence-electron chi connectivity index (χ3n) is 15.5. The Balaban J connectivity index is 1.37. The molecule has 5 heterocycles. The molecular formula is C55H87N13O13S2. The van der Waals surface area contributed by atoms with Gasteiger partial charge < -0.3 is 46.8 Å². The summed E-state index contributed by atoms with van der Waals surface area (Å²) in [6, 6.07) is 2.13. The molecule has 3 saturated heterocycles. The summed E-state index contributed by atoms with van der Waals surface area (Å²) in [5.74, 6) is -5.60. The average molecular weight is 1200 g/mol. The molecule has 5 rings (SSSR count).